The lowest BCUT2D eigenvalue weighted by Gasteiger charge is -2.12. The molecule has 0 unspecified atom stereocenters. The van der Waals surface area contributed by atoms with Crippen molar-refractivity contribution in [1.29, 1.82) is 0 Å². The van der Waals surface area contributed by atoms with E-state index >= 15 is 0 Å². The number of benzene rings is 2. The number of ether oxygens (including phenoxy) is 2. The maximum atomic E-state index is 13.0. The van der Waals surface area contributed by atoms with Crippen LogP contribution in [0.2, 0.25) is 0 Å². The highest BCUT2D eigenvalue weighted by Crippen LogP contribution is 2.47. The molecular formula is C20H21N2O6P. The molecule has 1 aliphatic heterocycles. The molecule has 0 atom stereocenters. The average Bonchev–Trinajstić information content (AvgIpc) is 3.39. The van der Waals surface area contributed by atoms with Crippen molar-refractivity contribution >= 4 is 18.9 Å². The fourth-order valence-corrected chi connectivity index (χ4v) is 4.09. The second-order valence-corrected chi connectivity index (χ2v) is 8.48. The van der Waals surface area contributed by atoms with E-state index in [9.17, 15) is 4.57 Å². The summed E-state index contributed by atoms with van der Waals surface area (Å²) in [5.41, 5.74) is 2.08. The Bertz CT molecular complexity index is 1030. The lowest BCUT2D eigenvalue weighted by Crippen LogP contribution is -2.15. The summed E-state index contributed by atoms with van der Waals surface area (Å²) < 4.78 is 39.8. The van der Waals surface area contributed by atoms with Crippen molar-refractivity contribution in [1.82, 2.24) is 4.98 Å². The van der Waals surface area contributed by atoms with Crippen LogP contribution >= 0.6 is 7.60 Å². The van der Waals surface area contributed by atoms with E-state index < -0.39 is 7.60 Å². The Morgan fingerprint density at radius 3 is 2.55 bits per heavy atom. The molecule has 1 aliphatic rings. The van der Waals surface area contributed by atoms with Crippen molar-refractivity contribution in [3.8, 4) is 11.5 Å². The van der Waals surface area contributed by atoms with Crippen LogP contribution in [0.5, 0.6) is 11.5 Å². The van der Waals surface area contributed by atoms with Crippen molar-refractivity contribution in [3.05, 3.63) is 65.5 Å². The molecule has 2 aromatic carbocycles. The fraction of sp³-hybridized carbons (Fsp3) is 0.250. The molecule has 0 radical (unpaired) electrons. The van der Waals surface area contributed by atoms with Crippen LogP contribution in [0.1, 0.15) is 17.0 Å². The molecule has 1 aromatic heterocycles. The largest absolute Gasteiger partial charge is 0.454 e. The normalized spacial score (nSPS) is 12.9. The molecule has 0 spiro atoms. The van der Waals surface area contributed by atoms with E-state index in [1.807, 2.05) is 48.5 Å². The Hall–Kier alpha value is -2.80. The zero-order valence-electron chi connectivity index (χ0n) is 16.1. The van der Waals surface area contributed by atoms with Crippen LogP contribution in [0.4, 0.5) is 5.88 Å². The molecule has 4 rings (SSSR count). The van der Waals surface area contributed by atoms with Gasteiger partial charge >= 0.3 is 7.60 Å². The Labute approximate surface area is 168 Å². The van der Waals surface area contributed by atoms with Gasteiger partial charge in [0.1, 0.15) is 0 Å². The first-order valence-electron chi connectivity index (χ1n) is 8.99. The molecule has 0 bridgehead atoms. The first kappa shape index (κ1) is 19.5. The SMILES string of the molecule is COP(=O)(OC)c1nc(Cc2ccccc2)oc1NCc1ccc2c(c1)OCO2. The average molecular weight is 416 g/mol. The summed E-state index contributed by atoms with van der Waals surface area (Å²) in [7, 11) is -0.968. The first-order valence-corrected chi connectivity index (χ1v) is 10.5. The highest BCUT2D eigenvalue weighted by molar-refractivity contribution is 7.62. The van der Waals surface area contributed by atoms with E-state index in [0.29, 0.717) is 30.4 Å². The summed E-state index contributed by atoms with van der Waals surface area (Å²) in [6.45, 7) is 0.614. The number of hydrogen-bond donors (Lipinski definition) is 1. The Morgan fingerprint density at radius 1 is 1.03 bits per heavy atom. The summed E-state index contributed by atoms with van der Waals surface area (Å²) >= 11 is 0. The summed E-state index contributed by atoms with van der Waals surface area (Å²) in [5, 5.41) is 3.14. The smallest absolute Gasteiger partial charge is 0.384 e. The van der Waals surface area contributed by atoms with Crippen LogP contribution in [0.3, 0.4) is 0 Å². The maximum Gasteiger partial charge on any atom is 0.384 e. The third-order valence-electron chi connectivity index (χ3n) is 4.48. The summed E-state index contributed by atoms with van der Waals surface area (Å²) in [6.07, 6.45) is 0.451. The van der Waals surface area contributed by atoms with Gasteiger partial charge in [-0.05, 0) is 23.3 Å². The minimum absolute atomic E-state index is 0.120. The minimum atomic E-state index is -3.60. The van der Waals surface area contributed by atoms with Gasteiger partial charge in [-0.25, -0.2) is 4.98 Å². The zero-order chi connectivity index (χ0) is 20.3. The molecular weight excluding hydrogens is 395 g/mol. The Kier molecular flexibility index (Phi) is 5.58. The van der Waals surface area contributed by atoms with Crippen molar-refractivity contribution in [3.63, 3.8) is 0 Å². The topological polar surface area (TPSA) is 92.1 Å². The highest BCUT2D eigenvalue weighted by Gasteiger charge is 2.34. The maximum absolute atomic E-state index is 13.0. The lowest BCUT2D eigenvalue weighted by molar-refractivity contribution is 0.174. The van der Waals surface area contributed by atoms with Crippen LogP contribution in [0.15, 0.2) is 52.9 Å². The monoisotopic (exact) mass is 416 g/mol. The number of aromatic nitrogens is 1. The van der Waals surface area contributed by atoms with Gasteiger partial charge in [-0.3, -0.25) is 4.57 Å². The van der Waals surface area contributed by atoms with Crippen LogP contribution in [-0.4, -0.2) is 26.0 Å². The van der Waals surface area contributed by atoms with Gasteiger partial charge in [-0.1, -0.05) is 36.4 Å². The predicted molar refractivity (Wildman–Crippen MR) is 107 cm³/mol. The standard InChI is InChI=1S/C20H21N2O6P/c1-24-29(23,25-2)20-19(28-18(22-20)11-14-6-4-3-5-7-14)21-12-15-8-9-16-17(10-15)27-13-26-16/h3-10,21H,11-13H2,1-2H3. The number of anilines is 1. The van der Waals surface area contributed by atoms with Crippen LogP contribution in [0, 0.1) is 0 Å². The fourth-order valence-electron chi connectivity index (χ4n) is 2.98. The molecule has 152 valence electrons. The third-order valence-corrected chi connectivity index (χ3v) is 6.27. The van der Waals surface area contributed by atoms with E-state index in [0.717, 1.165) is 11.1 Å². The minimum Gasteiger partial charge on any atom is -0.454 e. The molecule has 0 saturated carbocycles. The van der Waals surface area contributed by atoms with E-state index in [1.165, 1.54) is 14.2 Å². The van der Waals surface area contributed by atoms with E-state index in [1.54, 1.807) is 0 Å². The Morgan fingerprint density at radius 2 is 1.79 bits per heavy atom. The molecule has 0 amide bonds. The number of nitrogens with zero attached hydrogens (tertiary/aromatic N) is 1. The lowest BCUT2D eigenvalue weighted by atomic mass is 10.2. The summed E-state index contributed by atoms with van der Waals surface area (Å²) in [5.74, 6) is 2.06. The van der Waals surface area contributed by atoms with Gasteiger partial charge in [0.2, 0.25) is 24.0 Å². The molecule has 29 heavy (non-hydrogen) atoms. The molecule has 3 aromatic rings. The molecule has 9 heteroatoms. The number of oxazole rings is 1. The number of rotatable bonds is 8. The number of fused-ring (bicyclic) bond motifs is 1. The second kappa shape index (κ2) is 8.29. The summed E-state index contributed by atoms with van der Waals surface area (Å²) in [6, 6.07) is 15.4. The van der Waals surface area contributed by atoms with Gasteiger partial charge in [0, 0.05) is 27.2 Å². The predicted octanol–water partition coefficient (Wildman–Crippen LogP) is 3.72. The van der Waals surface area contributed by atoms with Crippen molar-refractivity contribution in [2.24, 2.45) is 0 Å². The van der Waals surface area contributed by atoms with Gasteiger partial charge in [-0.15, -0.1) is 0 Å². The quantitative estimate of drug-likeness (QED) is 0.556. The Balaban J connectivity index is 1.59. The molecule has 0 saturated heterocycles. The zero-order valence-corrected chi connectivity index (χ0v) is 17.0. The second-order valence-electron chi connectivity index (χ2n) is 6.33. The molecule has 1 N–H and O–H groups in total. The van der Waals surface area contributed by atoms with Crippen molar-refractivity contribution in [2.45, 2.75) is 13.0 Å². The molecule has 8 nitrogen and oxygen atoms in total. The van der Waals surface area contributed by atoms with Crippen molar-refractivity contribution in [2.75, 3.05) is 26.3 Å². The van der Waals surface area contributed by atoms with Crippen molar-refractivity contribution < 1.29 is 27.5 Å². The van der Waals surface area contributed by atoms with Gasteiger partial charge in [0.05, 0.1) is 0 Å². The number of nitrogens with one attached hydrogen (secondary N) is 1. The number of hydrogen-bond acceptors (Lipinski definition) is 8. The molecule has 0 fully saturated rings. The van der Waals surface area contributed by atoms with Gasteiger partial charge in [0.25, 0.3) is 0 Å². The van der Waals surface area contributed by atoms with E-state index in [-0.39, 0.29) is 18.1 Å². The van der Waals surface area contributed by atoms with E-state index in [2.05, 4.69) is 10.3 Å². The molecule has 2 heterocycles. The van der Waals surface area contributed by atoms with Crippen LogP contribution in [-0.2, 0) is 26.6 Å². The van der Waals surface area contributed by atoms with Crippen LogP contribution < -0.4 is 20.2 Å². The third kappa shape index (κ3) is 4.15. The summed E-state index contributed by atoms with van der Waals surface area (Å²) in [4.78, 5) is 4.40. The highest BCUT2D eigenvalue weighted by atomic mass is 31.2. The van der Waals surface area contributed by atoms with Gasteiger partial charge in [-0.2, -0.15) is 0 Å². The van der Waals surface area contributed by atoms with Crippen LogP contribution in [0.25, 0.3) is 0 Å². The first-order chi connectivity index (χ1) is 14.1. The molecule has 0 aliphatic carbocycles. The van der Waals surface area contributed by atoms with Gasteiger partial charge in [0.15, 0.2) is 11.5 Å². The van der Waals surface area contributed by atoms with Gasteiger partial charge < -0.3 is 28.3 Å². The van der Waals surface area contributed by atoms with E-state index in [4.69, 9.17) is 22.9 Å².